The molecule has 0 saturated carbocycles. The number of rotatable bonds is 8. The summed E-state index contributed by atoms with van der Waals surface area (Å²) in [6.07, 6.45) is 12.9. The molecule has 0 radical (unpaired) electrons. The van der Waals surface area contributed by atoms with Gasteiger partial charge in [0.25, 0.3) is 0 Å². The van der Waals surface area contributed by atoms with Gasteiger partial charge in [-0.25, -0.2) is 12.7 Å². The third kappa shape index (κ3) is 7.36. The molecule has 25 heavy (non-hydrogen) atoms. The molecular formula is C18H27N3O3S. The molecule has 0 unspecified atom stereocenters. The van der Waals surface area contributed by atoms with Crippen LogP contribution >= 0.6 is 0 Å². The first-order valence-electron chi connectivity index (χ1n) is 8.76. The maximum atomic E-state index is 11.7. The van der Waals surface area contributed by atoms with Gasteiger partial charge in [-0.2, -0.15) is 0 Å². The number of unbranched alkanes of at least 4 members (excludes halogenated alkanes) is 1. The number of carbonyl (C=O) groups is 1. The van der Waals surface area contributed by atoms with E-state index >= 15 is 0 Å². The van der Waals surface area contributed by atoms with Crippen LogP contribution < -0.4 is 5.32 Å². The van der Waals surface area contributed by atoms with E-state index in [2.05, 4.69) is 10.3 Å². The summed E-state index contributed by atoms with van der Waals surface area (Å²) in [5.41, 5.74) is 0.901. The predicted octanol–water partition coefficient (Wildman–Crippen LogP) is 2.05. The van der Waals surface area contributed by atoms with Gasteiger partial charge in [0.1, 0.15) is 0 Å². The summed E-state index contributed by atoms with van der Waals surface area (Å²) >= 11 is 0. The van der Waals surface area contributed by atoms with Crippen molar-refractivity contribution in [1.82, 2.24) is 14.6 Å². The first-order valence-corrected chi connectivity index (χ1v) is 10.6. The fourth-order valence-corrected chi connectivity index (χ4v) is 3.88. The summed E-state index contributed by atoms with van der Waals surface area (Å²) in [6.45, 7) is 1.94. The molecule has 7 heteroatoms. The molecule has 1 aliphatic rings. The highest BCUT2D eigenvalue weighted by Gasteiger charge is 2.24. The first-order chi connectivity index (χ1) is 11.9. The van der Waals surface area contributed by atoms with Gasteiger partial charge in [-0.1, -0.05) is 18.9 Å². The molecule has 0 aliphatic carbocycles. The molecule has 0 atom stereocenters. The molecule has 0 bridgehead atoms. The lowest BCUT2D eigenvalue weighted by Crippen LogP contribution is -2.37. The molecule has 0 spiro atoms. The van der Waals surface area contributed by atoms with Crippen molar-refractivity contribution < 1.29 is 13.2 Å². The zero-order valence-corrected chi connectivity index (χ0v) is 15.5. The van der Waals surface area contributed by atoms with Gasteiger partial charge in [-0.3, -0.25) is 9.78 Å². The van der Waals surface area contributed by atoms with Crippen LogP contribution in [0.3, 0.4) is 0 Å². The molecule has 138 valence electrons. The van der Waals surface area contributed by atoms with Crippen molar-refractivity contribution in [3.8, 4) is 0 Å². The fourth-order valence-electron chi connectivity index (χ4n) is 3.00. The van der Waals surface area contributed by atoms with Crippen LogP contribution in [0.15, 0.2) is 30.6 Å². The Morgan fingerprint density at radius 3 is 2.76 bits per heavy atom. The van der Waals surface area contributed by atoms with Crippen LogP contribution in [0, 0.1) is 5.92 Å². The third-order valence-corrected chi connectivity index (χ3v) is 5.80. The van der Waals surface area contributed by atoms with E-state index in [0.717, 1.165) is 37.7 Å². The number of amides is 1. The van der Waals surface area contributed by atoms with Gasteiger partial charge in [-0.15, -0.1) is 0 Å². The van der Waals surface area contributed by atoms with Gasteiger partial charge in [0.2, 0.25) is 15.9 Å². The Bertz CT molecular complexity index is 666. The van der Waals surface area contributed by atoms with Crippen LogP contribution in [0.2, 0.25) is 0 Å². The van der Waals surface area contributed by atoms with Gasteiger partial charge in [-0.05, 0) is 42.9 Å². The molecule has 2 rings (SSSR count). The molecule has 1 saturated heterocycles. The molecule has 1 aromatic rings. The van der Waals surface area contributed by atoms with Crippen LogP contribution in [-0.4, -0.2) is 49.5 Å². The number of hydrogen-bond donors (Lipinski definition) is 1. The van der Waals surface area contributed by atoms with Gasteiger partial charge in [0.15, 0.2) is 0 Å². The van der Waals surface area contributed by atoms with Crippen molar-refractivity contribution in [2.45, 2.75) is 32.1 Å². The lowest BCUT2D eigenvalue weighted by atomic mass is 9.92. The molecule has 1 amide bonds. The van der Waals surface area contributed by atoms with Crippen LogP contribution in [0.1, 0.15) is 37.7 Å². The molecule has 6 nitrogen and oxygen atoms in total. The number of sulfonamides is 1. The Hall–Kier alpha value is -1.73. The highest BCUT2D eigenvalue weighted by molar-refractivity contribution is 7.88. The summed E-state index contributed by atoms with van der Waals surface area (Å²) in [5.74, 6) is 0.504. The number of nitrogens with one attached hydrogen (secondary N) is 1. The molecule has 1 fully saturated rings. The smallest absolute Gasteiger partial charge is 0.243 e. The van der Waals surface area contributed by atoms with Crippen molar-refractivity contribution in [2.24, 2.45) is 5.92 Å². The van der Waals surface area contributed by atoms with E-state index in [1.165, 1.54) is 12.3 Å². The van der Waals surface area contributed by atoms with Crippen LogP contribution in [0.5, 0.6) is 0 Å². The quantitative estimate of drug-likeness (QED) is 0.565. The van der Waals surface area contributed by atoms with E-state index in [1.54, 1.807) is 22.8 Å². The van der Waals surface area contributed by atoms with Crippen molar-refractivity contribution in [1.29, 1.82) is 0 Å². The zero-order chi connectivity index (χ0) is 18.1. The van der Waals surface area contributed by atoms with Crippen LogP contribution in [-0.2, 0) is 14.8 Å². The Balaban J connectivity index is 1.55. The second-order valence-corrected chi connectivity index (χ2v) is 8.49. The van der Waals surface area contributed by atoms with E-state index in [4.69, 9.17) is 0 Å². The summed E-state index contributed by atoms with van der Waals surface area (Å²) < 4.78 is 24.5. The van der Waals surface area contributed by atoms with E-state index in [-0.39, 0.29) is 5.91 Å². The van der Waals surface area contributed by atoms with Gasteiger partial charge >= 0.3 is 0 Å². The Morgan fingerprint density at radius 1 is 1.36 bits per heavy atom. The topological polar surface area (TPSA) is 79.4 Å². The summed E-state index contributed by atoms with van der Waals surface area (Å²) in [4.78, 5) is 15.7. The molecule has 1 aromatic heterocycles. The van der Waals surface area contributed by atoms with E-state index in [9.17, 15) is 13.2 Å². The Labute approximate surface area is 150 Å². The van der Waals surface area contributed by atoms with Gasteiger partial charge in [0, 0.05) is 38.1 Å². The lowest BCUT2D eigenvalue weighted by molar-refractivity contribution is -0.116. The third-order valence-electron chi connectivity index (χ3n) is 4.49. The summed E-state index contributed by atoms with van der Waals surface area (Å²) in [7, 11) is -3.04. The number of carbonyl (C=O) groups excluding carboxylic acids is 1. The highest BCUT2D eigenvalue weighted by atomic mass is 32.2. The van der Waals surface area contributed by atoms with E-state index < -0.39 is 10.0 Å². The first kappa shape index (κ1) is 19.6. The number of hydrogen-bond acceptors (Lipinski definition) is 4. The monoisotopic (exact) mass is 365 g/mol. The number of piperidine rings is 1. The molecule has 0 aromatic carbocycles. The minimum Gasteiger partial charge on any atom is -0.353 e. The second kappa shape index (κ2) is 9.68. The number of aromatic nitrogens is 1. The summed E-state index contributed by atoms with van der Waals surface area (Å²) in [5, 5.41) is 2.88. The van der Waals surface area contributed by atoms with Crippen molar-refractivity contribution in [3.05, 3.63) is 36.2 Å². The molecule has 1 N–H and O–H groups in total. The maximum Gasteiger partial charge on any atom is 0.243 e. The number of pyridine rings is 1. The SMILES string of the molecule is CS(=O)(=O)N1CCC(CCCCNC(=O)/C=C\c2cccnc2)CC1. The van der Waals surface area contributed by atoms with E-state index in [1.807, 2.05) is 12.1 Å². The largest absolute Gasteiger partial charge is 0.353 e. The van der Waals surface area contributed by atoms with Gasteiger partial charge < -0.3 is 5.32 Å². The van der Waals surface area contributed by atoms with Crippen LogP contribution in [0.4, 0.5) is 0 Å². The van der Waals surface area contributed by atoms with E-state index in [0.29, 0.717) is 25.6 Å². The van der Waals surface area contributed by atoms with Crippen molar-refractivity contribution >= 4 is 22.0 Å². The highest BCUT2D eigenvalue weighted by Crippen LogP contribution is 2.23. The minimum absolute atomic E-state index is 0.0923. The average Bonchev–Trinajstić information content (AvgIpc) is 2.60. The second-order valence-electron chi connectivity index (χ2n) is 6.51. The maximum absolute atomic E-state index is 11.7. The summed E-state index contributed by atoms with van der Waals surface area (Å²) in [6, 6.07) is 3.73. The molecular weight excluding hydrogens is 338 g/mol. The van der Waals surface area contributed by atoms with Gasteiger partial charge in [0.05, 0.1) is 6.26 Å². The lowest BCUT2D eigenvalue weighted by Gasteiger charge is -2.30. The van der Waals surface area contributed by atoms with Crippen molar-refractivity contribution in [3.63, 3.8) is 0 Å². The fraction of sp³-hybridized carbons (Fsp3) is 0.556. The van der Waals surface area contributed by atoms with Crippen molar-refractivity contribution in [2.75, 3.05) is 25.9 Å². The predicted molar refractivity (Wildman–Crippen MR) is 99.3 cm³/mol. The van der Waals surface area contributed by atoms with Crippen LogP contribution in [0.25, 0.3) is 6.08 Å². The Morgan fingerprint density at radius 2 is 2.12 bits per heavy atom. The Kier molecular flexibility index (Phi) is 7.58. The standard InChI is InChI=1S/C18H27N3O3S/c1-25(23,24)21-13-9-16(10-14-21)5-2-3-12-20-18(22)8-7-17-6-4-11-19-15-17/h4,6-8,11,15-16H,2-3,5,9-10,12-14H2,1H3,(H,20,22)/b8-7-. The average molecular weight is 365 g/mol. The number of nitrogens with zero attached hydrogens (tertiary/aromatic N) is 2. The molecule has 2 heterocycles. The zero-order valence-electron chi connectivity index (χ0n) is 14.7. The minimum atomic E-state index is -3.04. The normalized spacial score (nSPS) is 17.0. The molecule has 1 aliphatic heterocycles.